The standard InChI is InChI=1S/C21H19N3O2S/c1-15-4-6-17(7-5-15)20(25)24-19(13-18-3-2-12-27-18)21(26)23-14-16-8-10-22-11-9-16/h2-13H,14H2,1H3,(H,23,26)(H,24,25). The molecule has 0 bridgehead atoms. The SMILES string of the molecule is Cc1ccc(C(=O)NC(=Cc2cccs2)C(=O)NCc2ccncc2)cc1. The molecule has 0 unspecified atom stereocenters. The molecule has 0 aliphatic rings. The third-order valence-electron chi connectivity index (χ3n) is 3.84. The van der Waals surface area contributed by atoms with Gasteiger partial charge in [-0.3, -0.25) is 14.6 Å². The summed E-state index contributed by atoms with van der Waals surface area (Å²) in [4.78, 5) is 30.0. The van der Waals surface area contributed by atoms with Gasteiger partial charge in [0.15, 0.2) is 0 Å². The second-order valence-corrected chi connectivity index (χ2v) is 6.91. The lowest BCUT2D eigenvalue weighted by atomic mass is 10.1. The molecule has 2 heterocycles. The minimum absolute atomic E-state index is 0.206. The fourth-order valence-electron chi connectivity index (χ4n) is 2.35. The Hall–Kier alpha value is -3.25. The van der Waals surface area contributed by atoms with Gasteiger partial charge in [-0.1, -0.05) is 23.8 Å². The number of carbonyl (C=O) groups excluding carboxylic acids is 2. The average molecular weight is 377 g/mol. The van der Waals surface area contributed by atoms with Gasteiger partial charge < -0.3 is 10.6 Å². The molecule has 3 aromatic rings. The summed E-state index contributed by atoms with van der Waals surface area (Å²) in [7, 11) is 0. The first-order valence-corrected chi connectivity index (χ1v) is 9.30. The molecule has 0 spiro atoms. The van der Waals surface area contributed by atoms with E-state index in [4.69, 9.17) is 0 Å². The van der Waals surface area contributed by atoms with E-state index in [0.717, 1.165) is 16.0 Å². The number of hydrogen-bond donors (Lipinski definition) is 2. The lowest BCUT2D eigenvalue weighted by molar-refractivity contribution is -0.117. The van der Waals surface area contributed by atoms with Crippen LogP contribution in [0.2, 0.25) is 0 Å². The molecule has 0 aliphatic carbocycles. The van der Waals surface area contributed by atoms with E-state index in [1.54, 1.807) is 30.6 Å². The van der Waals surface area contributed by atoms with Gasteiger partial charge in [-0.05, 0) is 54.3 Å². The van der Waals surface area contributed by atoms with Crippen molar-refractivity contribution in [1.82, 2.24) is 15.6 Å². The van der Waals surface area contributed by atoms with E-state index >= 15 is 0 Å². The first-order valence-electron chi connectivity index (χ1n) is 8.42. The molecule has 0 saturated heterocycles. The first-order chi connectivity index (χ1) is 13.1. The smallest absolute Gasteiger partial charge is 0.268 e. The lowest BCUT2D eigenvalue weighted by Gasteiger charge is -2.11. The predicted molar refractivity (Wildman–Crippen MR) is 107 cm³/mol. The van der Waals surface area contributed by atoms with Crippen molar-refractivity contribution >= 4 is 29.2 Å². The summed E-state index contributed by atoms with van der Waals surface area (Å²) in [6.45, 7) is 2.31. The van der Waals surface area contributed by atoms with E-state index < -0.39 is 0 Å². The summed E-state index contributed by atoms with van der Waals surface area (Å²) >= 11 is 1.49. The van der Waals surface area contributed by atoms with Crippen molar-refractivity contribution in [3.63, 3.8) is 0 Å². The summed E-state index contributed by atoms with van der Waals surface area (Å²) in [5, 5.41) is 7.48. The third kappa shape index (κ3) is 5.36. The van der Waals surface area contributed by atoms with E-state index in [0.29, 0.717) is 12.1 Å². The van der Waals surface area contributed by atoms with Crippen molar-refractivity contribution in [2.45, 2.75) is 13.5 Å². The molecule has 0 fully saturated rings. The number of hydrogen-bond acceptors (Lipinski definition) is 4. The molecule has 0 saturated carbocycles. The van der Waals surface area contributed by atoms with Gasteiger partial charge in [0.05, 0.1) is 0 Å². The Morgan fingerprint density at radius 3 is 2.48 bits per heavy atom. The topological polar surface area (TPSA) is 71.1 Å². The van der Waals surface area contributed by atoms with Crippen molar-refractivity contribution in [3.8, 4) is 0 Å². The molecule has 2 aromatic heterocycles. The Labute approximate surface area is 161 Å². The zero-order valence-corrected chi connectivity index (χ0v) is 15.6. The van der Waals surface area contributed by atoms with Crippen LogP contribution in [0.4, 0.5) is 0 Å². The zero-order valence-electron chi connectivity index (χ0n) is 14.8. The molecule has 136 valence electrons. The molecule has 2 N–H and O–H groups in total. The van der Waals surface area contributed by atoms with Gasteiger partial charge in [-0.25, -0.2) is 0 Å². The molecule has 27 heavy (non-hydrogen) atoms. The number of nitrogens with one attached hydrogen (secondary N) is 2. The summed E-state index contributed by atoms with van der Waals surface area (Å²) in [5.41, 5.74) is 2.70. The molecule has 3 rings (SSSR count). The second-order valence-electron chi connectivity index (χ2n) is 5.93. The fourth-order valence-corrected chi connectivity index (χ4v) is 3.01. The number of pyridine rings is 1. The summed E-state index contributed by atoms with van der Waals surface area (Å²) in [6.07, 6.45) is 5.02. The third-order valence-corrected chi connectivity index (χ3v) is 4.66. The van der Waals surface area contributed by atoms with Crippen LogP contribution in [0, 0.1) is 6.92 Å². The second kappa shape index (κ2) is 8.91. The van der Waals surface area contributed by atoms with E-state index in [1.807, 2.05) is 48.7 Å². The first kappa shape index (κ1) is 18.5. The van der Waals surface area contributed by atoms with Crippen LogP contribution in [0.5, 0.6) is 0 Å². The Kier molecular flexibility index (Phi) is 6.12. The average Bonchev–Trinajstić information content (AvgIpc) is 3.20. The number of rotatable bonds is 6. The summed E-state index contributed by atoms with van der Waals surface area (Å²) in [6, 6.07) is 14.6. The van der Waals surface area contributed by atoms with Gasteiger partial charge >= 0.3 is 0 Å². The van der Waals surface area contributed by atoms with Crippen molar-refractivity contribution in [1.29, 1.82) is 0 Å². The molecular weight excluding hydrogens is 358 g/mol. The molecule has 0 atom stereocenters. The van der Waals surface area contributed by atoms with Crippen molar-refractivity contribution < 1.29 is 9.59 Å². The van der Waals surface area contributed by atoms with Crippen LogP contribution in [0.3, 0.4) is 0 Å². The number of amides is 2. The quantitative estimate of drug-likeness (QED) is 0.646. The van der Waals surface area contributed by atoms with Crippen LogP contribution in [0.15, 0.2) is 72.0 Å². The van der Waals surface area contributed by atoms with Crippen molar-refractivity contribution in [2.24, 2.45) is 0 Å². The highest BCUT2D eigenvalue weighted by atomic mass is 32.1. The fraction of sp³-hybridized carbons (Fsp3) is 0.0952. The highest BCUT2D eigenvalue weighted by molar-refractivity contribution is 7.10. The molecule has 0 radical (unpaired) electrons. The van der Waals surface area contributed by atoms with Crippen LogP contribution in [0.25, 0.3) is 6.08 Å². The van der Waals surface area contributed by atoms with Gasteiger partial charge in [-0.15, -0.1) is 11.3 Å². The molecule has 1 aromatic carbocycles. The highest BCUT2D eigenvalue weighted by Crippen LogP contribution is 2.13. The van der Waals surface area contributed by atoms with Crippen LogP contribution in [-0.2, 0) is 11.3 Å². The number of benzene rings is 1. The van der Waals surface area contributed by atoms with E-state index in [1.165, 1.54) is 11.3 Å². The largest absolute Gasteiger partial charge is 0.347 e. The number of aryl methyl sites for hydroxylation is 1. The molecule has 5 nitrogen and oxygen atoms in total. The van der Waals surface area contributed by atoms with Gasteiger partial charge in [0.1, 0.15) is 5.70 Å². The maximum Gasteiger partial charge on any atom is 0.268 e. The molecule has 6 heteroatoms. The summed E-state index contributed by atoms with van der Waals surface area (Å²) < 4.78 is 0. The van der Waals surface area contributed by atoms with Crippen LogP contribution in [-0.4, -0.2) is 16.8 Å². The number of aromatic nitrogens is 1. The Morgan fingerprint density at radius 1 is 1.07 bits per heavy atom. The minimum Gasteiger partial charge on any atom is -0.347 e. The molecule has 2 amide bonds. The number of carbonyl (C=O) groups is 2. The van der Waals surface area contributed by atoms with Gasteiger partial charge in [-0.2, -0.15) is 0 Å². The molecule has 0 aliphatic heterocycles. The molecular formula is C21H19N3O2S. The monoisotopic (exact) mass is 377 g/mol. The van der Waals surface area contributed by atoms with E-state index in [2.05, 4.69) is 15.6 Å². The van der Waals surface area contributed by atoms with Gasteiger partial charge in [0, 0.05) is 29.4 Å². The highest BCUT2D eigenvalue weighted by Gasteiger charge is 2.15. The van der Waals surface area contributed by atoms with E-state index in [9.17, 15) is 9.59 Å². The Balaban J connectivity index is 1.75. The summed E-state index contributed by atoms with van der Waals surface area (Å²) in [5.74, 6) is -0.669. The van der Waals surface area contributed by atoms with Gasteiger partial charge in [0.25, 0.3) is 11.8 Å². The maximum atomic E-state index is 12.7. The van der Waals surface area contributed by atoms with E-state index in [-0.39, 0.29) is 17.5 Å². The Morgan fingerprint density at radius 2 is 1.81 bits per heavy atom. The predicted octanol–water partition coefficient (Wildman–Crippen LogP) is 3.54. The number of thiophene rings is 1. The van der Waals surface area contributed by atoms with Crippen LogP contribution >= 0.6 is 11.3 Å². The minimum atomic E-state index is -0.347. The zero-order chi connectivity index (χ0) is 19.1. The Bertz CT molecular complexity index is 933. The van der Waals surface area contributed by atoms with Crippen LogP contribution in [0.1, 0.15) is 26.4 Å². The van der Waals surface area contributed by atoms with Gasteiger partial charge in [0.2, 0.25) is 0 Å². The van der Waals surface area contributed by atoms with Crippen LogP contribution < -0.4 is 10.6 Å². The maximum absolute atomic E-state index is 12.7. The van der Waals surface area contributed by atoms with Crippen molar-refractivity contribution in [3.05, 3.63) is 93.6 Å². The number of nitrogens with zero attached hydrogens (tertiary/aromatic N) is 1. The lowest BCUT2D eigenvalue weighted by Crippen LogP contribution is -2.34. The van der Waals surface area contributed by atoms with Crippen molar-refractivity contribution in [2.75, 3.05) is 0 Å². The normalized spacial score (nSPS) is 11.1.